The van der Waals surface area contributed by atoms with Gasteiger partial charge in [-0.25, -0.2) is 4.98 Å². The lowest BCUT2D eigenvalue weighted by Gasteiger charge is -2.13. The van der Waals surface area contributed by atoms with Crippen LogP contribution in [-0.2, 0) is 6.42 Å². The predicted molar refractivity (Wildman–Crippen MR) is 125 cm³/mol. The highest BCUT2D eigenvalue weighted by Gasteiger charge is 2.25. The smallest absolute Gasteiger partial charge is 0.268 e. The molecule has 0 aliphatic rings. The normalized spacial score (nSPS) is 12.3. The maximum Gasteiger partial charge on any atom is 0.268 e. The molecule has 5 nitrogen and oxygen atoms in total. The molecule has 0 saturated heterocycles. The third-order valence-electron chi connectivity index (χ3n) is 5.24. The van der Waals surface area contributed by atoms with Gasteiger partial charge in [0.05, 0.1) is 10.7 Å². The van der Waals surface area contributed by atoms with Crippen molar-refractivity contribution in [2.45, 2.75) is 39.5 Å². The second kappa shape index (κ2) is 9.03. The minimum atomic E-state index is 0.176. The molecule has 8 heteroatoms. The van der Waals surface area contributed by atoms with Crippen LogP contribution < -0.4 is 0 Å². The van der Waals surface area contributed by atoms with Gasteiger partial charge in [0.25, 0.3) is 5.89 Å². The van der Waals surface area contributed by atoms with Gasteiger partial charge in [-0.1, -0.05) is 55.6 Å². The van der Waals surface area contributed by atoms with E-state index in [-0.39, 0.29) is 5.92 Å². The van der Waals surface area contributed by atoms with E-state index in [4.69, 9.17) is 44.2 Å². The maximum atomic E-state index is 6.55. The molecular formula is C23H21Cl3N4O. The highest BCUT2D eigenvalue weighted by atomic mass is 35.5. The van der Waals surface area contributed by atoms with Crippen molar-refractivity contribution in [1.82, 2.24) is 19.7 Å². The van der Waals surface area contributed by atoms with Crippen LogP contribution in [0.5, 0.6) is 0 Å². The van der Waals surface area contributed by atoms with Crippen LogP contribution in [0, 0.1) is 0 Å². The van der Waals surface area contributed by atoms with Gasteiger partial charge >= 0.3 is 0 Å². The fourth-order valence-corrected chi connectivity index (χ4v) is 3.99. The Morgan fingerprint density at radius 1 is 0.968 bits per heavy atom. The van der Waals surface area contributed by atoms with Gasteiger partial charge < -0.3 is 4.42 Å². The third-order valence-corrected chi connectivity index (χ3v) is 6.04. The van der Waals surface area contributed by atoms with Crippen molar-refractivity contribution < 1.29 is 4.42 Å². The van der Waals surface area contributed by atoms with Crippen LogP contribution in [0.4, 0.5) is 0 Å². The van der Waals surface area contributed by atoms with E-state index in [9.17, 15) is 0 Å². The molecule has 2 heterocycles. The van der Waals surface area contributed by atoms with E-state index in [1.165, 1.54) is 0 Å². The first kappa shape index (κ1) is 21.9. The van der Waals surface area contributed by atoms with Crippen molar-refractivity contribution in [3.63, 3.8) is 0 Å². The number of hydrogen-bond donors (Lipinski definition) is 0. The number of imidazole rings is 1. The third kappa shape index (κ3) is 4.22. The van der Waals surface area contributed by atoms with Gasteiger partial charge in [0.15, 0.2) is 0 Å². The molecule has 1 atom stereocenters. The van der Waals surface area contributed by atoms with Gasteiger partial charge in [-0.2, -0.15) is 0 Å². The van der Waals surface area contributed by atoms with Gasteiger partial charge in [-0.05, 0) is 55.3 Å². The molecule has 0 spiro atoms. The highest BCUT2D eigenvalue weighted by Crippen LogP contribution is 2.36. The largest absolute Gasteiger partial charge is 0.419 e. The molecule has 0 aliphatic heterocycles. The molecule has 160 valence electrons. The number of aromatic nitrogens is 4. The molecule has 2 aromatic heterocycles. The van der Waals surface area contributed by atoms with E-state index in [0.29, 0.717) is 44.8 Å². The molecule has 4 aromatic rings. The fraction of sp³-hybridized carbons (Fsp3) is 0.261. The van der Waals surface area contributed by atoms with Crippen LogP contribution in [0.1, 0.15) is 44.7 Å². The summed E-state index contributed by atoms with van der Waals surface area (Å²) in [5.74, 6) is 1.84. The number of benzene rings is 2. The molecule has 2 aromatic carbocycles. The van der Waals surface area contributed by atoms with Crippen molar-refractivity contribution in [2.75, 3.05) is 0 Å². The highest BCUT2D eigenvalue weighted by molar-refractivity contribution is 6.36. The molecule has 0 N–H and O–H groups in total. The van der Waals surface area contributed by atoms with Gasteiger partial charge in [0, 0.05) is 27.2 Å². The lowest BCUT2D eigenvalue weighted by Crippen LogP contribution is -2.02. The van der Waals surface area contributed by atoms with Gasteiger partial charge in [0.2, 0.25) is 5.89 Å². The first-order valence-electron chi connectivity index (χ1n) is 10.1. The fourth-order valence-electron chi connectivity index (χ4n) is 3.37. The molecule has 0 aliphatic carbocycles. The maximum absolute atomic E-state index is 6.55. The lowest BCUT2D eigenvalue weighted by molar-refractivity contribution is 0.461. The summed E-state index contributed by atoms with van der Waals surface area (Å²) in [5, 5.41) is 10.2. The van der Waals surface area contributed by atoms with E-state index in [0.717, 1.165) is 23.4 Å². The lowest BCUT2D eigenvalue weighted by atomic mass is 10.1. The number of nitrogens with zero attached hydrogens (tertiary/aromatic N) is 4. The van der Waals surface area contributed by atoms with Crippen LogP contribution in [0.2, 0.25) is 15.1 Å². The summed E-state index contributed by atoms with van der Waals surface area (Å²) in [6, 6.07) is 12.9. The van der Waals surface area contributed by atoms with Crippen molar-refractivity contribution in [3.8, 4) is 28.7 Å². The van der Waals surface area contributed by atoms with E-state index >= 15 is 0 Å². The Morgan fingerprint density at radius 3 is 2.32 bits per heavy atom. The summed E-state index contributed by atoms with van der Waals surface area (Å²) in [5.41, 5.74) is 3.23. The molecule has 0 radical (unpaired) electrons. The van der Waals surface area contributed by atoms with Gasteiger partial charge in [-0.3, -0.25) is 4.57 Å². The first-order valence-corrected chi connectivity index (χ1v) is 11.2. The van der Waals surface area contributed by atoms with Gasteiger partial charge in [-0.15, -0.1) is 10.2 Å². The zero-order chi connectivity index (χ0) is 22.1. The standard InChI is InChI=1S/C23H21Cl3N4O/c1-4-13(3)22-28-29-23(31-22)20-19(5-2)30(16-9-6-14(24)7-10-16)21(27-20)17-11-8-15(25)12-18(17)26/h6-13H,4-5H2,1-3H3. The second-order valence-electron chi connectivity index (χ2n) is 7.28. The molecule has 0 saturated carbocycles. The Bertz CT molecular complexity index is 1210. The van der Waals surface area contributed by atoms with E-state index in [2.05, 4.69) is 31.0 Å². The Kier molecular flexibility index (Phi) is 6.37. The van der Waals surface area contributed by atoms with E-state index < -0.39 is 0 Å². The van der Waals surface area contributed by atoms with Crippen molar-refractivity contribution in [2.24, 2.45) is 0 Å². The van der Waals surface area contributed by atoms with Crippen LogP contribution in [-0.4, -0.2) is 19.7 Å². The Balaban J connectivity index is 1.97. The Hall–Kier alpha value is -2.34. The second-order valence-corrected chi connectivity index (χ2v) is 8.56. The van der Waals surface area contributed by atoms with Crippen LogP contribution in [0.25, 0.3) is 28.7 Å². The summed E-state index contributed by atoms with van der Waals surface area (Å²) in [6.07, 6.45) is 1.60. The average molecular weight is 476 g/mol. The van der Waals surface area contributed by atoms with E-state index in [1.807, 2.05) is 34.9 Å². The summed E-state index contributed by atoms with van der Waals surface area (Å²) in [7, 11) is 0. The van der Waals surface area contributed by atoms with Gasteiger partial charge in [0.1, 0.15) is 11.5 Å². The summed E-state index contributed by atoms with van der Waals surface area (Å²) >= 11 is 18.8. The van der Waals surface area contributed by atoms with Crippen LogP contribution >= 0.6 is 34.8 Å². The Morgan fingerprint density at radius 2 is 1.68 bits per heavy atom. The van der Waals surface area contributed by atoms with Crippen molar-refractivity contribution in [3.05, 3.63) is 69.1 Å². The molecular weight excluding hydrogens is 455 g/mol. The SMILES string of the molecule is CCc1c(-c2nnc(C(C)CC)o2)nc(-c2ccc(Cl)cc2Cl)n1-c1ccc(Cl)cc1. The topological polar surface area (TPSA) is 56.7 Å². The number of rotatable bonds is 6. The molecule has 31 heavy (non-hydrogen) atoms. The first-order chi connectivity index (χ1) is 14.9. The number of halogens is 3. The summed E-state index contributed by atoms with van der Waals surface area (Å²) in [4.78, 5) is 4.92. The predicted octanol–water partition coefficient (Wildman–Crippen LogP) is 7.63. The zero-order valence-corrected chi connectivity index (χ0v) is 19.6. The van der Waals surface area contributed by atoms with Crippen molar-refractivity contribution in [1.29, 1.82) is 0 Å². The summed E-state index contributed by atoms with van der Waals surface area (Å²) < 4.78 is 8.05. The molecule has 0 fully saturated rings. The van der Waals surface area contributed by atoms with E-state index in [1.54, 1.807) is 12.1 Å². The van der Waals surface area contributed by atoms with Crippen LogP contribution in [0.15, 0.2) is 46.9 Å². The molecule has 1 unspecified atom stereocenters. The van der Waals surface area contributed by atoms with Crippen molar-refractivity contribution >= 4 is 34.8 Å². The Labute approximate surface area is 196 Å². The number of hydrogen-bond acceptors (Lipinski definition) is 4. The monoisotopic (exact) mass is 474 g/mol. The quantitative estimate of drug-likeness (QED) is 0.288. The molecule has 0 amide bonds. The minimum Gasteiger partial charge on any atom is -0.419 e. The average Bonchev–Trinajstić information content (AvgIpc) is 3.38. The van der Waals surface area contributed by atoms with Crippen LogP contribution in [0.3, 0.4) is 0 Å². The zero-order valence-electron chi connectivity index (χ0n) is 17.4. The minimum absolute atomic E-state index is 0.176. The molecule has 0 bridgehead atoms. The summed E-state index contributed by atoms with van der Waals surface area (Å²) in [6.45, 7) is 6.21. The molecule has 4 rings (SSSR count).